The van der Waals surface area contributed by atoms with Gasteiger partial charge in [0, 0.05) is 29.7 Å². The van der Waals surface area contributed by atoms with Gasteiger partial charge in [-0.25, -0.2) is 4.98 Å². The van der Waals surface area contributed by atoms with Crippen molar-refractivity contribution in [1.82, 2.24) is 9.88 Å². The molecule has 1 amide bonds. The van der Waals surface area contributed by atoms with Gasteiger partial charge in [0.1, 0.15) is 6.10 Å². The van der Waals surface area contributed by atoms with Crippen LogP contribution < -0.4 is 4.74 Å². The van der Waals surface area contributed by atoms with E-state index in [9.17, 15) is 4.79 Å². The van der Waals surface area contributed by atoms with E-state index in [2.05, 4.69) is 20.9 Å². The summed E-state index contributed by atoms with van der Waals surface area (Å²) >= 11 is 3.33. The Kier molecular flexibility index (Phi) is 4.36. The molecule has 0 radical (unpaired) electrons. The standard InChI is InChI=1S/C13H15BrN2O2/c1-2-3-13(17)16-7-6-11(9-16)18-12-5-4-10(14)8-15-12/h2-5,8,11H,6-7,9H2,1H3/b3-2+. The van der Waals surface area contributed by atoms with Crippen molar-refractivity contribution in [3.05, 3.63) is 35.0 Å². The Bertz CT molecular complexity index is 445. The first-order valence-corrected chi connectivity index (χ1v) is 6.68. The van der Waals surface area contributed by atoms with Gasteiger partial charge in [-0.1, -0.05) is 6.08 Å². The van der Waals surface area contributed by atoms with Crippen LogP contribution in [0.15, 0.2) is 35.0 Å². The highest BCUT2D eigenvalue weighted by atomic mass is 79.9. The number of halogens is 1. The third-order valence-corrected chi connectivity index (χ3v) is 3.22. The minimum absolute atomic E-state index is 0.0351. The molecule has 1 atom stereocenters. The first-order valence-electron chi connectivity index (χ1n) is 5.89. The van der Waals surface area contributed by atoms with E-state index in [1.165, 1.54) is 0 Å². The second kappa shape index (κ2) is 6.00. The number of hydrogen-bond donors (Lipinski definition) is 0. The second-order valence-corrected chi connectivity index (χ2v) is 5.04. The molecule has 18 heavy (non-hydrogen) atoms. The number of amides is 1. The van der Waals surface area contributed by atoms with E-state index in [1.807, 2.05) is 19.1 Å². The minimum atomic E-state index is 0.0351. The topological polar surface area (TPSA) is 42.4 Å². The lowest BCUT2D eigenvalue weighted by Gasteiger charge is -2.15. The summed E-state index contributed by atoms with van der Waals surface area (Å²) in [6.07, 6.45) is 5.93. The van der Waals surface area contributed by atoms with E-state index in [4.69, 9.17) is 4.74 Å². The summed E-state index contributed by atoms with van der Waals surface area (Å²) in [5.41, 5.74) is 0. The van der Waals surface area contributed by atoms with Gasteiger partial charge in [-0.15, -0.1) is 0 Å². The van der Waals surface area contributed by atoms with Gasteiger partial charge in [-0.2, -0.15) is 0 Å². The number of rotatable bonds is 3. The number of allylic oxidation sites excluding steroid dienone is 1. The van der Waals surface area contributed by atoms with Gasteiger partial charge in [-0.05, 0) is 35.0 Å². The number of aromatic nitrogens is 1. The molecule has 0 spiro atoms. The zero-order valence-corrected chi connectivity index (χ0v) is 11.8. The van der Waals surface area contributed by atoms with E-state index in [1.54, 1.807) is 23.2 Å². The molecular weight excluding hydrogens is 296 g/mol. The summed E-state index contributed by atoms with van der Waals surface area (Å²) in [5, 5.41) is 0. The maximum Gasteiger partial charge on any atom is 0.246 e. The lowest BCUT2D eigenvalue weighted by atomic mass is 10.3. The van der Waals surface area contributed by atoms with Crippen LogP contribution in [0, 0.1) is 0 Å². The van der Waals surface area contributed by atoms with Crippen LogP contribution in [0.1, 0.15) is 13.3 Å². The van der Waals surface area contributed by atoms with Crippen molar-refractivity contribution in [2.24, 2.45) is 0 Å². The third kappa shape index (κ3) is 3.32. The zero-order valence-electron chi connectivity index (χ0n) is 10.2. The molecule has 0 bridgehead atoms. The monoisotopic (exact) mass is 310 g/mol. The molecule has 2 heterocycles. The fourth-order valence-corrected chi connectivity index (χ4v) is 2.11. The average molecular weight is 311 g/mol. The van der Waals surface area contributed by atoms with E-state index >= 15 is 0 Å². The normalized spacial score (nSPS) is 19.4. The van der Waals surface area contributed by atoms with Crippen molar-refractivity contribution >= 4 is 21.8 Å². The van der Waals surface area contributed by atoms with Gasteiger partial charge in [0.25, 0.3) is 0 Å². The van der Waals surface area contributed by atoms with Crippen LogP contribution in [0.2, 0.25) is 0 Å². The Morgan fingerprint density at radius 3 is 3.11 bits per heavy atom. The van der Waals surface area contributed by atoms with Gasteiger partial charge in [0.2, 0.25) is 11.8 Å². The molecule has 96 valence electrons. The molecule has 0 aromatic carbocycles. The van der Waals surface area contributed by atoms with Crippen molar-refractivity contribution in [3.8, 4) is 5.88 Å². The fourth-order valence-electron chi connectivity index (χ4n) is 1.88. The Morgan fingerprint density at radius 1 is 1.61 bits per heavy atom. The van der Waals surface area contributed by atoms with Crippen LogP contribution >= 0.6 is 15.9 Å². The molecule has 2 rings (SSSR count). The van der Waals surface area contributed by atoms with Crippen molar-refractivity contribution in [1.29, 1.82) is 0 Å². The number of carbonyl (C=O) groups excluding carboxylic acids is 1. The van der Waals surface area contributed by atoms with E-state index in [0.29, 0.717) is 12.4 Å². The summed E-state index contributed by atoms with van der Waals surface area (Å²) in [4.78, 5) is 17.6. The Labute approximate surface area is 115 Å². The number of hydrogen-bond acceptors (Lipinski definition) is 3. The molecule has 1 aliphatic heterocycles. The molecule has 0 saturated carbocycles. The summed E-state index contributed by atoms with van der Waals surface area (Å²) in [7, 11) is 0. The van der Waals surface area contributed by atoms with Crippen LogP contribution in [0.3, 0.4) is 0 Å². The maximum atomic E-state index is 11.6. The highest BCUT2D eigenvalue weighted by molar-refractivity contribution is 9.10. The Morgan fingerprint density at radius 2 is 2.44 bits per heavy atom. The summed E-state index contributed by atoms with van der Waals surface area (Å²) in [6.45, 7) is 3.21. The Hall–Kier alpha value is -1.36. The second-order valence-electron chi connectivity index (χ2n) is 4.13. The first-order chi connectivity index (χ1) is 8.69. The number of likely N-dealkylation sites (tertiary alicyclic amines) is 1. The lowest BCUT2D eigenvalue weighted by Crippen LogP contribution is -2.29. The summed E-state index contributed by atoms with van der Waals surface area (Å²) in [6, 6.07) is 3.71. The van der Waals surface area contributed by atoms with Crippen LogP contribution in [0.25, 0.3) is 0 Å². The van der Waals surface area contributed by atoms with Gasteiger partial charge in [0.05, 0.1) is 6.54 Å². The molecule has 0 N–H and O–H groups in total. The molecule has 4 nitrogen and oxygen atoms in total. The third-order valence-electron chi connectivity index (χ3n) is 2.75. The van der Waals surface area contributed by atoms with Crippen molar-refractivity contribution in [3.63, 3.8) is 0 Å². The predicted molar refractivity (Wildman–Crippen MR) is 72.4 cm³/mol. The summed E-state index contributed by atoms with van der Waals surface area (Å²) < 4.78 is 6.66. The molecule has 5 heteroatoms. The van der Waals surface area contributed by atoms with Gasteiger partial charge in [0.15, 0.2) is 0 Å². The highest BCUT2D eigenvalue weighted by Gasteiger charge is 2.26. The first kappa shape index (κ1) is 13.1. The maximum absolute atomic E-state index is 11.6. The molecule has 1 fully saturated rings. The SMILES string of the molecule is C/C=C/C(=O)N1CCC(Oc2ccc(Br)cn2)C1. The van der Waals surface area contributed by atoms with E-state index in [0.717, 1.165) is 17.4 Å². The molecule has 1 aromatic rings. The molecule has 1 aromatic heterocycles. The van der Waals surface area contributed by atoms with Gasteiger partial charge < -0.3 is 9.64 Å². The largest absolute Gasteiger partial charge is 0.472 e. The number of nitrogens with zero attached hydrogens (tertiary/aromatic N) is 2. The van der Waals surface area contributed by atoms with Crippen LogP contribution in [-0.2, 0) is 4.79 Å². The number of ether oxygens (including phenoxy) is 1. The Balaban J connectivity index is 1.89. The zero-order chi connectivity index (χ0) is 13.0. The van der Waals surface area contributed by atoms with Crippen LogP contribution in [-0.4, -0.2) is 35.0 Å². The molecule has 1 saturated heterocycles. The lowest BCUT2D eigenvalue weighted by molar-refractivity contribution is -0.125. The smallest absolute Gasteiger partial charge is 0.246 e. The van der Waals surface area contributed by atoms with E-state index < -0.39 is 0 Å². The molecular formula is C13H15BrN2O2. The van der Waals surface area contributed by atoms with E-state index in [-0.39, 0.29) is 12.0 Å². The molecule has 1 aliphatic rings. The van der Waals surface area contributed by atoms with Crippen LogP contribution in [0.4, 0.5) is 0 Å². The van der Waals surface area contributed by atoms with Crippen LogP contribution in [0.5, 0.6) is 5.88 Å². The number of carbonyl (C=O) groups is 1. The minimum Gasteiger partial charge on any atom is -0.472 e. The van der Waals surface area contributed by atoms with Crippen molar-refractivity contribution < 1.29 is 9.53 Å². The van der Waals surface area contributed by atoms with Crippen molar-refractivity contribution in [2.45, 2.75) is 19.4 Å². The van der Waals surface area contributed by atoms with Crippen molar-refractivity contribution in [2.75, 3.05) is 13.1 Å². The quantitative estimate of drug-likeness (QED) is 0.805. The number of pyridine rings is 1. The summed E-state index contributed by atoms with van der Waals surface area (Å²) in [5.74, 6) is 0.649. The molecule has 0 aliphatic carbocycles. The average Bonchev–Trinajstić information content (AvgIpc) is 2.81. The van der Waals surface area contributed by atoms with Gasteiger partial charge >= 0.3 is 0 Å². The van der Waals surface area contributed by atoms with Gasteiger partial charge in [-0.3, -0.25) is 4.79 Å². The molecule has 1 unspecified atom stereocenters. The fraction of sp³-hybridized carbons (Fsp3) is 0.385. The highest BCUT2D eigenvalue weighted by Crippen LogP contribution is 2.18. The predicted octanol–water partition coefficient (Wildman–Crippen LogP) is 2.40.